The van der Waals surface area contributed by atoms with Crippen LogP contribution in [0.2, 0.25) is 0 Å². The molecule has 0 spiro atoms. The molecule has 0 aromatic heterocycles. The summed E-state index contributed by atoms with van der Waals surface area (Å²) >= 11 is 0. The van der Waals surface area contributed by atoms with Gasteiger partial charge in [0.05, 0.1) is 11.1 Å². The Morgan fingerprint density at radius 2 is 1.58 bits per heavy atom. The Hall–Kier alpha value is -3.80. The molecule has 6 heteroatoms. The van der Waals surface area contributed by atoms with Gasteiger partial charge < -0.3 is 10.1 Å². The third-order valence-corrected chi connectivity index (χ3v) is 5.94. The fourth-order valence-electron chi connectivity index (χ4n) is 3.98. The molecule has 0 unspecified atom stereocenters. The van der Waals surface area contributed by atoms with Crippen molar-refractivity contribution < 1.29 is 22.7 Å². The molecule has 5 rings (SSSR count). The molecule has 0 bridgehead atoms. The maximum Gasteiger partial charge on any atom is 0.416 e. The van der Waals surface area contributed by atoms with Crippen LogP contribution in [0.4, 0.5) is 13.2 Å². The van der Waals surface area contributed by atoms with Gasteiger partial charge in [-0.1, -0.05) is 42.5 Å². The van der Waals surface area contributed by atoms with Gasteiger partial charge in [0.25, 0.3) is 5.91 Å². The van der Waals surface area contributed by atoms with Crippen molar-refractivity contribution in [3.8, 4) is 11.5 Å². The third-order valence-electron chi connectivity index (χ3n) is 5.94. The summed E-state index contributed by atoms with van der Waals surface area (Å²) in [4.78, 5) is 13.0. The van der Waals surface area contributed by atoms with Crippen molar-refractivity contribution in [2.24, 2.45) is 0 Å². The molecule has 1 saturated carbocycles. The highest BCUT2D eigenvalue weighted by atomic mass is 19.4. The first kappa shape index (κ1) is 21.1. The second kappa shape index (κ2) is 7.96. The van der Waals surface area contributed by atoms with Crippen LogP contribution in [0.25, 0.3) is 10.8 Å². The molecule has 3 nitrogen and oxygen atoms in total. The van der Waals surface area contributed by atoms with E-state index in [9.17, 15) is 18.0 Å². The Balaban J connectivity index is 1.37. The number of hydrogen-bond donors (Lipinski definition) is 1. The summed E-state index contributed by atoms with van der Waals surface area (Å²) in [6, 6.07) is 25.2. The zero-order valence-electron chi connectivity index (χ0n) is 17.5. The number of amides is 1. The van der Waals surface area contributed by atoms with Gasteiger partial charge in [-0.25, -0.2) is 0 Å². The second-order valence-electron chi connectivity index (χ2n) is 8.22. The quantitative estimate of drug-likeness (QED) is 0.355. The zero-order valence-corrected chi connectivity index (χ0v) is 17.5. The lowest BCUT2D eigenvalue weighted by Gasteiger charge is -2.18. The summed E-state index contributed by atoms with van der Waals surface area (Å²) in [6.45, 7) is 0. The van der Waals surface area contributed by atoms with Crippen molar-refractivity contribution in [3.05, 3.63) is 108 Å². The van der Waals surface area contributed by atoms with E-state index < -0.39 is 11.7 Å². The number of carbonyl (C=O) groups excluding carboxylic acids is 1. The van der Waals surface area contributed by atoms with E-state index in [1.165, 1.54) is 12.1 Å². The van der Waals surface area contributed by atoms with Crippen LogP contribution in [0, 0.1) is 0 Å². The SMILES string of the molecule is O=C(NC1(c2ccccc2)CC1)c1ccc2c(Oc3ccc(C(F)(F)F)cc3)cccc2c1. The van der Waals surface area contributed by atoms with Gasteiger partial charge in [-0.15, -0.1) is 0 Å². The minimum absolute atomic E-state index is 0.146. The molecule has 1 N–H and O–H groups in total. The average molecular weight is 447 g/mol. The fraction of sp³-hybridized carbons (Fsp3) is 0.148. The molecule has 4 aromatic carbocycles. The molecule has 0 aliphatic heterocycles. The van der Waals surface area contributed by atoms with Crippen LogP contribution in [0.5, 0.6) is 11.5 Å². The van der Waals surface area contributed by atoms with Gasteiger partial charge in [0.1, 0.15) is 11.5 Å². The maximum atomic E-state index is 13.0. The van der Waals surface area contributed by atoms with Gasteiger partial charge in [-0.3, -0.25) is 4.79 Å². The second-order valence-corrected chi connectivity index (χ2v) is 8.22. The van der Waals surface area contributed by atoms with Crippen LogP contribution in [0.3, 0.4) is 0 Å². The number of nitrogens with one attached hydrogen (secondary N) is 1. The Bertz CT molecular complexity index is 1310. The summed E-state index contributed by atoms with van der Waals surface area (Å²) < 4.78 is 44.2. The molecular weight excluding hydrogens is 427 g/mol. The molecule has 33 heavy (non-hydrogen) atoms. The Labute approximate surface area is 188 Å². The first-order valence-electron chi connectivity index (χ1n) is 10.6. The molecule has 1 fully saturated rings. The maximum absolute atomic E-state index is 13.0. The lowest BCUT2D eigenvalue weighted by molar-refractivity contribution is -0.137. The Morgan fingerprint density at radius 1 is 0.848 bits per heavy atom. The number of halogens is 3. The molecular formula is C27H20F3NO2. The van der Waals surface area contributed by atoms with E-state index in [1.807, 2.05) is 36.4 Å². The Kier molecular flexibility index (Phi) is 5.08. The van der Waals surface area contributed by atoms with E-state index in [1.54, 1.807) is 30.3 Å². The van der Waals surface area contributed by atoms with Crippen LogP contribution >= 0.6 is 0 Å². The summed E-state index contributed by atoms with van der Waals surface area (Å²) in [5.74, 6) is 0.658. The predicted molar refractivity (Wildman–Crippen MR) is 120 cm³/mol. The molecule has 0 saturated heterocycles. The van der Waals surface area contributed by atoms with Gasteiger partial charge in [0.2, 0.25) is 0 Å². The van der Waals surface area contributed by atoms with Crippen molar-refractivity contribution >= 4 is 16.7 Å². The zero-order chi connectivity index (χ0) is 23.1. The highest BCUT2D eigenvalue weighted by Gasteiger charge is 2.45. The van der Waals surface area contributed by atoms with Crippen LogP contribution in [-0.2, 0) is 11.7 Å². The number of rotatable bonds is 5. The molecule has 0 heterocycles. The highest BCUT2D eigenvalue weighted by Crippen LogP contribution is 2.45. The summed E-state index contributed by atoms with van der Waals surface area (Å²) in [6.07, 6.45) is -2.59. The van der Waals surface area contributed by atoms with E-state index in [0.717, 1.165) is 41.3 Å². The average Bonchev–Trinajstić information content (AvgIpc) is 3.60. The first-order chi connectivity index (χ1) is 15.8. The number of alkyl halides is 3. The summed E-state index contributed by atoms with van der Waals surface area (Å²) in [5.41, 5.74) is 0.607. The van der Waals surface area contributed by atoms with Gasteiger partial charge in [-0.2, -0.15) is 13.2 Å². The van der Waals surface area contributed by atoms with Crippen molar-refractivity contribution in [1.82, 2.24) is 5.32 Å². The van der Waals surface area contributed by atoms with Crippen LogP contribution in [0.1, 0.15) is 34.3 Å². The normalized spacial score (nSPS) is 14.6. The topological polar surface area (TPSA) is 38.3 Å². The molecule has 1 aliphatic rings. The van der Waals surface area contributed by atoms with Gasteiger partial charge in [0, 0.05) is 10.9 Å². The number of carbonyl (C=O) groups is 1. The lowest BCUT2D eigenvalue weighted by Crippen LogP contribution is -2.34. The standard InChI is InChI=1S/C27H20F3NO2/c28-27(29,30)21-10-12-22(13-11-21)33-24-8-4-5-18-17-19(9-14-23(18)24)25(32)31-26(15-16-26)20-6-2-1-3-7-20/h1-14,17H,15-16H2,(H,31,32). The van der Waals surface area contributed by atoms with E-state index in [0.29, 0.717) is 17.1 Å². The van der Waals surface area contributed by atoms with E-state index >= 15 is 0 Å². The van der Waals surface area contributed by atoms with E-state index in [2.05, 4.69) is 5.32 Å². The molecule has 1 aliphatic carbocycles. The molecule has 0 radical (unpaired) electrons. The lowest BCUT2D eigenvalue weighted by atomic mass is 10.0. The molecule has 0 atom stereocenters. The number of ether oxygens (including phenoxy) is 1. The fourth-order valence-corrected chi connectivity index (χ4v) is 3.98. The third kappa shape index (κ3) is 4.29. The summed E-state index contributed by atoms with van der Waals surface area (Å²) in [7, 11) is 0. The van der Waals surface area contributed by atoms with Crippen LogP contribution in [-0.4, -0.2) is 5.91 Å². The first-order valence-corrected chi connectivity index (χ1v) is 10.6. The van der Waals surface area contributed by atoms with E-state index in [-0.39, 0.29) is 11.4 Å². The van der Waals surface area contributed by atoms with Crippen LogP contribution < -0.4 is 10.1 Å². The number of benzene rings is 4. The van der Waals surface area contributed by atoms with Gasteiger partial charge in [0.15, 0.2) is 0 Å². The van der Waals surface area contributed by atoms with Crippen molar-refractivity contribution in [2.75, 3.05) is 0 Å². The molecule has 4 aromatic rings. The minimum Gasteiger partial charge on any atom is -0.457 e. The monoisotopic (exact) mass is 447 g/mol. The minimum atomic E-state index is -4.39. The van der Waals surface area contributed by atoms with Gasteiger partial charge >= 0.3 is 6.18 Å². The van der Waals surface area contributed by atoms with Crippen molar-refractivity contribution in [3.63, 3.8) is 0 Å². The number of fused-ring (bicyclic) bond motifs is 1. The van der Waals surface area contributed by atoms with Crippen LogP contribution in [0.15, 0.2) is 91.0 Å². The van der Waals surface area contributed by atoms with E-state index in [4.69, 9.17) is 4.74 Å². The Morgan fingerprint density at radius 3 is 2.24 bits per heavy atom. The van der Waals surface area contributed by atoms with Crippen molar-refractivity contribution in [2.45, 2.75) is 24.6 Å². The van der Waals surface area contributed by atoms with Gasteiger partial charge in [-0.05, 0) is 72.3 Å². The highest BCUT2D eigenvalue weighted by molar-refractivity contribution is 6.00. The molecule has 1 amide bonds. The largest absolute Gasteiger partial charge is 0.457 e. The molecule has 166 valence electrons. The van der Waals surface area contributed by atoms with Crippen molar-refractivity contribution in [1.29, 1.82) is 0 Å². The number of hydrogen-bond acceptors (Lipinski definition) is 2. The predicted octanol–water partition coefficient (Wildman–Crippen LogP) is 7.07. The summed E-state index contributed by atoms with van der Waals surface area (Å²) in [5, 5.41) is 4.74. The smallest absolute Gasteiger partial charge is 0.416 e.